The molecule has 0 aromatic carbocycles. The fourth-order valence-electron chi connectivity index (χ4n) is 0.0299. The van der Waals surface area contributed by atoms with E-state index in [9.17, 15) is 4.39 Å². The van der Waals surface area contributed by atoms with E-state index in [4.69, 9.17) is 0 Å². The van der Waals surface area contributed by atoms with Gasteiger partial charge in [-0.3, -0.25) is 0 Å². The first kappa shape index (κ1) is 2.38. The number of halogens is 1. The van der Waals surface area contributed by atoms with Crippen LogP contribution in [0.15, 0.2) is 3.95 Å². The predicted octanol–water partition coefficient (Wildman–Crippen LogP) is -0.591. The second kappa shape index (κ2) is 0.546. The zero-order valence-corrected chi connectivity index (χ0v) is 5.00. The zero-order chi connectivity index (χ0) is 2.99. The van der Waals surface area contributed by atoms with Crippen molar-refractivity contribution in [3.8, 4) is 0 Å². The van der Waals surface area contributed by atoms with Crippen molar-refractivity contribution in [2.75, 3.05) is 0 Å². The fourth-order valence-corrected chi connectivity index (χ4v) is 0.155. The van der Waals surface area contributed by atoms with Crippen LogP contribution in [-0.2, 0) is 0 Å². The monoisotopic (exact) mass is 121 g/mol. The number of hydrogen-bond donors (Lipinski definition) is 0. The summed E-state index contributed by atoms with van der Waals surface area (Å²) < 4.78 is 14.3. The zero-order valence-electron chi connectivity index (χ0n) is 2.03. The second-order valence-corrected chi connectivity index (χ2v) is 3.24. The molecule has 1 heterocycles. The fraction of sp³-hybridized carbons (Fsp3) is 0. The molecule has 1 rings (SSSR count). The van der Waals surface area contributed by atoms with E-state index < -0.39 is 15.7 Å². The van der Waals surface area contributed by atoms with Gasteiger partial charge in [0.25, 0.3) is 0 Å². The van der Waals surface area contributed by atoms with Gasteiger partial charge in [-0.1, -0.05) is 0 Å². The minimum atomic E-state index is -0.847. The van der Waals surface area contributed by atoms with Crippen LogP contribution in [0.3, 0.4) is 0 Å². The molecule has 22 valence electrons. The maximum absolute atomic E-state index is 10.9. The van der Waals surface area contributed by atoms with Crippen molar-refractivity contribution in [3.05, 3.63) is 0 Å². The summed E-state index contributed by atoms with van der Waals surface area (Å²) in [5.74, 6) is 0. The van der Waals surface area contributed by atoms with Crippen LogP contribution in [0.5, 0.6) is 0 Å². The second-order valence-electron chi connectivity index (χ2n) is 0.692. The third-order valence-corrected chi connectivity index (χ3v) is 1.44. The average molecular weight is 120 g/mol. The van der Waals surface area contributed by atoms with Crippen molar-refractivity contribution < 1.29 is 4.39 Å². The van der Waals surface area contributed by atoms with E-state index in [1.807, 2.05) is 0 Å². The van der Waals surface area contributed by atoms with Crippen molar-refractivity contribution in [1.29, 1.82) is 0 Å². The van der Waals surface area contributed by atoms with E-state index in [1.54, 1.807) is 0 Å². The van der Waals surface area contributed by atoms with Crippen LogP contribution < -0.4 is 0 Å². The third kappa shape index (κ3) is 0.283. The van der Waals surface area contributed by atoms with Gasteiger partial charge < -0.3 is 0 Å². The van der Waals surface area contributed by atoms with Crippen molar-refractivity contribution in [2.24, 2.45) is 3.95 Å². The Labute approximate surface area is 29.6 Å². The summed E-state index contributed by atoms with van der Waals surface area (Å²) in [6.07, 6.45) is 0. The van der Waals surface area contributed by atoms with Crippen molar-refractivity contribution in [1.82, 2.24) is 0 Å². The molecule has 0 aromatic rings. The normalized spacial score (nSPS) is 25.8. The molecule has 4 heavy (non-hydrogen) atoms. The molecule has 3 heteroatoms. The van der Waals surface area contributed by atoms with Crippen LogP contribution in [0.1, 0.15) is 0 Å². The van der Waals surface area contributed by atoms with Crippen LogP contribution in [-0.4, -0.2) is 20.5 Å². The van der Waals surface area contributed by atoms with Gasteiger partial charge in [0.05, 0.1) is 0 Å². The van der Waals surface area contributed by atoms with Gasteiger partial charge in [-0.2, -0.15) is 0 Å². The summed E-state index contributed by atoms with van der Waals surface area (Å²) in [5, 5.41) is 0. The summed E-state index contributed by atoms with van der Waals surface area (Å²) in [6, 6.07) is 0. The Hall–Kier alpha value is 0.143. The van der Waals surface area contributed by atoms with Gasteiger partial charge in [0.15, 0.2) is 0 Å². The number of rotatable bonds is 0. The molecule has 0 bridgehead atoms. The van der Waals surface area contributed by atoms with Gasteiger partial charge in [-0.25, -0.2) is 0 Å². The molecular weight excluding hydrogens is 118 g/mol. The average Bonchev–Trinajstić information content (AvgIpc) is 1.75. The van der Waals surface area contributed by atoms with Gasteiger partial charge in [0.2, 0.25) is 0 Å². The first-order valence-corrected chi connectivity index (χ1v) is 3.89. The minimum absolute atomic E-state index is 0.0208. The van der Waals surface area contributed by atoms with Crippen LogP contribution >= 0.6 is 0 Å². The van der Waals surface area contributed by atoms with Crippen molar-refractivity contribution in [2.45, 2.75) is 0 Å². The van der Waals surface area contributed by atoms with E-state index >= 15 is 0 Å². The molecule has 1 aliphatic rings. The Morgan fingerprint density at radius 3 is 2.25 bits per heavy atom. The molecule has 1 aliphatic heterocycles. The summed E-state index contributed by atoms with van der Waals surface area (Å²) in [6.45, 7) is 0. The molecular formula is CH2FGeN. The summed E-state index contributed by atoms with van der Waals surface area (Å²) in [7, 11) is 0. The molecule has 0 aliphatic carbocycles. The predicted molar refractivity (Wildman–Crippen MR) is 17.1 cm³/mol. The molecule has 0 amide bonds. The topological polar surface area (TPSA) is 12.4 Å². The Morgan fingerprint density at radius 1 is 2.00 bits per heavy atom. The summed E-state index contributed by atoms with van der Waals surface area (Å²) >= 11 is -0.847. The molecule has 0 N–H and O–H groups in total. The van der Waals surface area contributed by atoms with E-state index in [1.165, 1.54) is 0 Å². The molecule has 0 spiro atoms. The summed E-state index contributed by atoms with van der Waals surface area (Å²) in [4.78, 5) is -0.0208. The van der Waals surface area contributed by atoms with Gasteiger partial charge >= 0.3 is 28.8 Å². The van der Waals surface area contributed by atoms with E-state index in [-0.39, 0.29) is 4.80 Å². The van der Waals surface area contributed by atoms with Crippen molar-refractivity contribution in [3.63, 3.8) is 0 Å². The molecule has 0 saturated carbocycles. The first-order valence-electron chi connectivity index (χ1n) is 1.08. The quantitative estimate of drug-likeness (QED) is 0.378. The Bertz CT molecular complexity index is 59.1. The Morgan fingerprint density at radius 2 is 2.25 bits per heavy atom. The third-order valence-electron chi connectivity index (χ3n) is 0.278. The van der Waals surface area contributed by atoms with Gasteiger partial charge in [0.1, 0.15) is 0 Å². The van der Waals surface area contributed by atoms with Crippen LogP contribution in [0.25, 0.3) is 0 Å². The van der Waals surface area contributed by atoms with Crippen molar-refractivity contribution >= 4 is 20.5 Å². The molecule has 0 radical (unpaired) electrons. The van der Waals surface area contributed by atoms with E-state index in [2.05, 4.69) is 3.95 Å². The standard InChI is InChI=1S/CH2FGeN/c2-1-3-4-1/h3H2. The van der Waals surface area contributed by atoms with E-state index in [0.717, 1.165) is 0 Å². The van der Waals surface area contributed by atoms with E-state index in [0.29, 0.717) is 0 Å². The maximum atomic E-state index is 10.9. The van der Waals surface area contributed by atoms with Crippen LogP contribution in [0.4, 0.5) is 4.39 Å². The number of nitrogens with zero attached hydrogens (tertiary/aromatic N) is 1. The Balaban J connectivity index is 2.54. The molecule has 1 nitrogen and oxygen atoms in total. The SMILES string of the molecule is F[C]1=[N][GeH2]1. The van der Waals surface area contributed by atoms with Crippen LogP contribution in [0.2, 0.25) is 0 Å². The molecule has 0 aromatic heterocycles. The Kier molecular flexibility index (Phi) is 0.325. The molecule has 0 saturated heterocycles. The molecule has 0 unspecified atom stereocenters. The molecule has 0 atom stereocenters. The first-order chi connectivity index (χ1) is 1.89. The van der Waals surface area contributed by atoms with Gasteiger partial charge in [-0.15, -0.1) is 0 Å². The van der Waals surface area contributed by atoms with Gasteiger partial charge in [-0.05, 0) is 0 Å². The summed E-state index contributed by atoms with van der Waals surface area (Å²) in [5.41, 5.74) is 0. The number of hydrogen-bond acceptors (Lipinski definition) is 1. The van der Waals surface area contributed by atoms with Gasteiger partial charge in [0, 0.05) is 0 Å². The molecule has 0 fully saturated rings. The van der Waals surface area contributed by atoms with Crippen LogP contribution in [0, 0.1) is 0 Å².